The van der Waals surface area contributed by atoms with Gasteiger partial charge in [0.05, 0.1) is 10.6 Å². The van der Waals surface area contributed by atoms with Crippen LogP contribution >= 0.6 is 11.3 Å². The van der Waals surface area contributed by atoms with E-state index in [9.17, 15) is 9.59 Å². The number of nitrogens with one attached hydrogen (secondary N) is 3. The number of carbonyl (C=O) groups is 2. The fourth-order valence-corrected chi connectivity index (χ4v) is 5.91. The van der Waals surface area contributed by atoms with Gasteiger partial charge in [-0.25, -0.2) is 9.97 Å². The molecule has 0 fully saturated rings. The van der Waals surface area contributed by atoms with Gasteiger partial charge in [0.25, 0.3) is 11.8 Å². The van der Waals surface area contributed by atoms with Gasteiger partial charge in [0, 0.05) is 53.8 Å². The van der Waals surface area contributed by atoms with Gasteiger partial charge in [-0.1, -0.05) is 12.1 Å². The zero-order valence-corrected chi connectivity index (χ0v) is 23.6. The second kappa shape index (κ2) is 12.8. The van der Waals surface area contributed by atoms with Gasteiger partial charge in [-0.15, -0.1) is 11.3 Å². The van der Waals surface area contributed by atoms with E-state index in [-0.39, 0.29) is 11.8 Å². The number of hydrogen-bond donors (Lipinski definition) is 3. The fourth-order valence-electron chi connectivity index (χ4n) is 4.76. The molecule has 0 atom stereocenters. The highest BCUT2D eigenvalue weighted by Gasteiger charge is 2.18. The quantitative estimate of drug-likeness (QED) is 0.203. The van der Waals surface area contributed by atoms with Crippen molar-refractivity contribution in [1.82, 2.24) is 15.3 Å². The van der Waals surface area contributed by atoms with Gasteiger partial charge >= 0.3 is 0 Å². The predicted molar refractivity (Wildman–Crippen MR) is 160 cm³/mol. The molecule has 0 unspecified atom stereocenters. The summed E-state index contributed by atoms with van der Waals surface area (Å²) < 4.78 is 5.01. The minimum Gasteiger partial charge on any atom is -0.385 e. The molecule has 2 heterocycles. The van der Waals surface area contributed by atoms with Gasteiger partial charge in [-0.05, 0) is 92.6 Å². The third kappa shape index (κ3) is 6.55. The maximum atomic E-state index is 13.1. The van der Waals surface area contributed by atoms with Crippen molar-refractivity contribution in [2.45, 2.75) is 39.0 Å². The molecule has 5 rings (SSSR count). The topological polar surface area (TPSA) is 105 Å². The number of ether oxygens (including phenoxy) is 1. The summed E-state index contributed by atoms with van der Waals surface area (Å²) in [6, 6.07) is 16.9. The van der Waals surface area contributed by atoms with E-state index in [1.165, 1.54) is 23.3 Å². The third-order valence-corrected chi connectivity index (χ3v) is 8.18. The van der Waals surface area contributed by atoms with Gasteiger partial charge in [0.1, 0.15) is 0 Å². The van der Waals surface area contributed by atoms with Gasteiger partial charge in [0.15, 0.2) is 0 Å². The Labute approximate surface area is 238 Å². The largest absolute Gasteiger partial charge is 0.385 e. The Kier molecular flexibility index (Phi) is 8.83. The molecule has 4 aromatic rings. The molecule has 2 aromatic carbocycles. The van der Waals surface area contributed by atoms with Gasteiger partial charge < -0.3 is 20.7 Å². The van der Waals surface area contributed by atoms with Crippen LogP contribution < -0.4 is 16.0 Å². The first kappa shape index (κ1) is 27.5. The van der Waals surface area contributed by atoms with Crippen molar-refractivity contribution < 1.29 is 14.3 Å². The summed E-state index contributed by atoms with van der Waals surface area (Å²) in [5.41, 5.74) is 6.02. The molecule has 40 heavy (non-hydrogen) atoms. The van der Waals surface area contributed by atoms with Crippen molar-refractivity contribution in [2.75, 3.05) is 30.9 Å². The van der Waals surface area contributed by atoms with Crippen LogP contribution in [0.15, 0.2) is 60.8 Å². The number of aromatic nitrogens is 2. The van der Waals surface area contributed by atoms with E-state index in [1.54, 1.807) is 36.8 Å². The molecule has 0 aliphatic heterocycles. The summed E-state index contributed by atoms with van der Waals surface area (Å²) in [5.74, 6) is 0.242. The standard InChI is InChI=1S/C31H33N5O3S/c1-20-24(8-5-9-25(20)35-30(38)28-19-22-7-3-4-10-27(22)40-28)26-15-17-33-31(36-26)34-23-13-11-21(12-14-23)29(37)32-16-6-18-39-2/h5,8-9,11-15,17,19H,3-4,6-7,10,16,18H2,1-2H3,(H,32,37)(H,35,38)(H,33,34,36). The SMILES string of the molecule is COCCCNC(=O)c1ccc(Nc2nccc(-c3cccc(NC(=O)c4cc5c(s4)CCCC5)c3C)n2)cc1. The summed E-state index contributed by atoms with van der Waals surface area (Å²) in [7, 11) is 1.64. The van der Waals surface area contributed by atoms with Crippen molar-refractivity contribution in [2.24, 2.45) is 0 Å². The maximum absolute atomic E-state index is 13.1. The van der Waals surface area contributed by atoms with Crippen molar-refractivity contribution in [3.63, 3.8) is 0 Å². The van der Waals surface area contributed by atoms with Gasteiger partial charge in [-0.3, -0.25) is 9.59 Å². The van der Waals surface area contributed by atoms with Gasteiger partial charge in [-0.2, -0.15) is 0 Å². The number of thiophene rings is 1. The summed E-state index contributed by atoms with van der Waals surface area (Å²) in [6.07, 6.45) is 6.99. The van der Waals surface area contributed by atoms with Crippen LogP contribution in [0.4, 0.5) is 17.3 Å². The first-order valence-electron chi connectivity index (χ1n) is 13.5. The second-order valence-corrected chi connectivity index (χ2v) is 10.9. The normalized spacial score (nSPS) is 12.4. The van der Waals surface area contributed by atoms with Crippen molar-refractivity contribution >= 4 is 40.5 Å². The Morgan fingerprint density at radius 2 is 1.85 bits per heavy atom. The zero-order chi connectivity index (χ0) is 27.9. The Bertz CT molecular complexity index is 1480. The number of methoxy groups -OCH3 is 1. The summed E-state index contributed by atoms with van der Waals surface area (Å²) in [6.45, 7) is 3.16. The molecule has 0 bridgehead atoms. The van der Waals surface area contributed by atoms with E-state index in [2.05, 4.69) is 27.0 Å². The van der Waals surface area contributed by atoms with Crippen molar-refractivity contribution in [1.29, 1.82) is 0 Å². The van der Waals surface area contributed by atoms with Crippen LogP contribution in [-0.2, 0) is 17.6 Å². The minimum absolute atomic E-state index is 0.0724. The number of amides is 2. The Hall–Kier alpha value is -4.08. The average Bonchev–Trinajstić information content (AvgIpc) is 3.42. The van der Waals surface area contributed by atoms with Gasteiger partial charge in [0.2, 0.25) is 5.95 Å². The highest BCUT2D eigenvalue weighted by atomic mass is 32.1. The molecule has 9 heteroatoms. The lowest BCUT2D eigenvalue weighted by atomic mass is 9.99. The molecule has 2 aromatic heterocycles. The smallest absolute Gasteiger partial charge is 0.265 e. The predicted octanol–water partition coefficient (Wildman–Crippen LogP) is 6.15. The van der Waals surface area contributed by atoms with E-state index in [4.69, 9.17) is 9.72 Å². The first-order valence-corrected chi connectivity index (χ1v) is 14.3. The van der Waals surface area contributed by atoms with Crippen LogP contribution in [0.5, 0.6) is 0 Å². The monoisotopic (exact) mass is 555 g/mol. The molecule has 8 nitrogen and oxygen atoms in total. The Morgan fingerprint density at radius 1 is 1.02 bits per heavy atom. The lowest BCUT2D eigenvalue weighted by molar-refractivity contribution is 0.0947. The van der Waals surface area contributed by atoms with Crippen LogP contribution in [0.25, 0.3) is 11.3 Å². The molecule has 206 valence electrons. The Morgan fingerprint density at radius 3 is 2.65 bits per heavy atom. The van der Waals surface area contributed by atoms with E-state index >= 15 is 0 Å². The van der Waals surface area contributed by atoms with Crippen LogP contribution in [0.3, 0.4) is 0 Å². The molecular formula is C31H33N5O3S. The lowest BCUT2D eigenvalue weighted by Crippen LogP contribution is -2.25. The molecule has 1 aliphatic rings. The summed E-state index contributed by atoms with van der Waals surface area (Å²) in [4.78, 5) is 36.6. The molecule has 2 amide bonds. The van der Waals surface area contributed by atoms with E-state index in [0.29, 0.717) is 24.7 Å². The number of fused-ring (bicyclic) bond motifs is 1. The Balaban J connectivity index is 1.26. The average molecular weight is 556 g/mol. The maximum Gasteiger partial charge on any atom is 0.265 e. The van der Waals surface area contributed by atoms with Crippen molar-refractivity contribution in [3.05, 3.63) is 87.2 Å². The van der Waals surface area contributed by atoms with Crippen molar-refractivity contribution in [3.8, 4) is 11.3 Å². The number of aryl methyl sites for hydroxylation is 2. The number of carbonyl (C=O) groups excluding carboxylic acids is 2. The highest BCUT2D eigenvalue weighted by molar-refractivity contribution is 7.14. The third-order valence-electron chi connectivity index (χ3n) is 6.95. The number of anilines is 3. The molecule has 0 saturated heterocycles. The fraction of sp³-hybridized carbons (Fsp3) is 0.290. The minimum atomic E-state index is -0.123. The van der Waals surface area contributed by atoms with E-state index < -0.39 is 0 Å². The molecule has 0 radical (unpaired) electrons. The van der Waals surface area contributed by atoms with Crippen LogP contribution in [0.1, 0.15) is 55.3 Å². The molecule has 1 aliphatic carbocycles. The first-order chi connectivity index (χ1) is 19.5. The summed E-state index contributed by atoms with van der Waals surface area (Å²) >= 11 is 1.61. The number of rotatable bonds is 10. The van der Waals surface area contributed by atoms with E-state index in [1.807, 2.05) is 43.3 Å². The van der Waals surface area contributed by atoms with Crippen LogP contribution in [0, 0.1) is 6.92 Å². The molecule has 3 N–H and O–H groups in total. The summed E-state index contributed by atoms with van der Waals surface area (Å²) in [5, 5.41) is 9.20. The lowest BCUT2D eigenvalue weighted by Gasteiger charge is -2.13. The second-order valence-electron chi connectivity index (χ2n) is 9.77. The number of hydrogen-bond acceptors (Lipinski definition) is 7. The number of benzene rings is 2. The number of nitrogens with zero attached hydrogens (tertiary/aromatic N) is 2. The zero-order valence-electron chi connectivity index (χ0n) is 22.8. The van der Waals surface area contributed by atoms with E-state index in [0.717, 1.165) is 52.3 Å². The highest BCUT2D eigenvalue weighted by Crippen LogP contribution is 2.32. The molecule has 0 spiro atoms. The van der Waals surface area contributed by atoms with Crippen LogP contribution in [0.2, 0.25) is 0 Å². The molecular weight excluding hydrogens is 522 g/mol. The van der Waals surface area contributed by atoms with Crippen LogP contribution in [-0.4, -0.2) is 42.0 Å². The molecule has 0 saturated carbocycles.